The molecule has 0 saturated carbocycles. The van der Waals surface area contributed by atoms with Gasteiger partial charge in [0.25, 0.3) is 0 Å². The van der Waals surface area contributed by atoms with E-state index in [1.54, 1.807) is 0 Å². The van der Waals surface area contributed by atoms with Crippen molar-refractivity contribution in [1.82, 2.24) is 20.4 Å². The van der Waals surface area contributed by atoms with Gasteiger partial charge >= 0.3 is 0 Å². The van der Waals surface area contributed by atoms with Gasteiger partial charge in [0.1, 0.15) is 6.04 Å². The molecule has 0 bridgehead atoms. The lowest BCUT2D eigenvalue weighted by Crippen LogP contribution is -2.50. The summed E-state index contributed by atoms with van der Waals surface area (Å²) < 4.78 is 1.97. The first kappa shape index (κ1) is 23.5. The smallest absolute Gasteiger partial charge is 0.242 e. The molecule has 6 nitrogen and oxygen atoms in total. The molecule has 1 heterocycles. The van der Waals surface area contributed by atoms with Crippen LogP contribution in [0.4, 0.5) is 0 Å². The number of amides is 2. The van der Waals surface area contributed by atoms with Gasteiger partial charge in [-0.1, -0.05) is 63.2 Å². The van der Waals surface area contributed by atoms with Crippen LogP contribution in [0.2, 0.25) is 0 Å². The zero-order chi connectivity index (χ0) is 23.3. The van der Waals surface area contributed by atoms with Crippen LogP contribution in [0, 0.1) is 25.7 Å². The minimum Gasteiger partial charge on any atom is -0.354 e. The van der Waals surface area contributed by atoms with Crippen LogP contribution in [0.3, 0.4) is 0 Å². The number of nitrogens with one attached hydrogen (secondary N) is 2. The maximum Gasteiger partial charge on any atom is 0.242 e. The highest BCUT2D eigenvalue weighted by Crippen LogP contribution is 2.16. The van der Waals surface area contributed by atoms with Crippen LogP contribution >= 0.6 is 0 Å². The summed E-state index contributed by atoms with van der Waals surface area (Å²) in [5, 5.41) is 12.7. The number of fused-ring (bicyclic) bond motifs is 1. The van der Waals surface area contributed by atoms with E-state index in [2.05, 4.69) is 22.7 Å². The van der Waals surface area contributed by atoms with Crippen molar-refractivity contribution in [3.05, 3.63) is 65.5 Å². The lowest BCUT2D eigenvalue weighted by molar-refractivity contribution is -0.129. The third-order valence-corrected chi connectivity index (χ3v) is 5.66. The second-order valence-electron chi connectivity index (χ2n) is 9.11. The molecule has 2 aromatic carbocycles. The molecule has 0 saturated heterocycles. The second kappa shape index (κ2) is 10.4. The Hall–Kier alpha value is -3.15. The van der Waals surface area contributed by atoms with E-state index in [0.717, 1.165) is 34.3 Å². The Balaban J connectivity index is 1.54. The van der Waals surface area contributed by atoms with E-state index in [1.165, 1.54) is 0 Å². The van der Waals surface area contributed by atoms with E-state index in [9.17, 15) is 9.59 Å². The Morgan fingerprint density at radius 3 is 2.38 bits per heavy atom. The predicted octanol–water partition coefficient (Wildman–Crippen LogP) is 3.79. The van der Waals surface area contributed by atoms with Crippen molar-refractivity contribution in [3.8, 4) is 0 Å². The largest absolute Gasteiger partial charge is 0.354 e. The Bertz CT molecular complexity index is 1090. The van der Waals surface area contributed by atoms with E-state index in [0.29, 0.717) is 6.54 Å². The van der Waals surface area contributed by atoms with Gasteiger partial charge in [-0.3, -0.25) is 14.3 Å². The summed E-state index contributed by atoms with van der Waals surface area (Å²) in [6, 6.07) is 15.6. The summed E-state index contributed by atoms with van der Waals surface area (Å²) in [4.78, 5) is 25.5. The van der Waals surface area contributed by atoms with Crippen molar-refractivity contribution in [2.75, 3.05) is 6.54 Å². The van der Waals surface area contributed by atoms with E-state index in [-0.39, 0.29) is 30.1 Å². The molecule has 6 heteroatoms. The monoisotopic (exact) mass is 434 g/mol. The summed E-state index contributed by atoms with van der Waals surface area (Å²) in [6.07, 6.45) is 0.246. The fourth-order valence-corrected chi connectivity index (χ4v) is 3.90. The van der Waals surface area contributed by atoms with Gasteiger partial charge in [0.2, 0.25) is 11.8 Å². The summed E-state index contributed by atoms with van der Waals surface area (Å²) in [6.45, 7) is 11.2. The van der Waals surface area contributed by atoms with Crippen molar-refractivity contribution in [2.45, 2.75) is 53.6 Å². The number of hydrogen-bond acceptors (Lipinski definition) is 3. The molecule has 2 atom stereocenters. The predicted molar refractivity (Wildman–Crippen MR) is 128 cm³/mol. The molecule has 170 valence electrons. The van der Waals surface area contributed by atoms with E-state index in [4.69, 9.17) is 0 Å². The highest BCUT2D eigenvalue weighted by Gasteiger charge is 2.24. The topological polar surface area (TPSA) is 76.0 Å². The zero-order valence-corrected chi connectivity index (χ0v) is 19.7. The normalized spacial score (nSPS) is 13.2. The molecule has 2 unspecified atom stereocenters. The summed E-state index contributed by atoms with van der Waals surface area (Å²) in [7, 11) is 0. The average molecular weight is 435 g/mol. The third-order valence-electron chi connectivity index (χ3n) is 5.66. The molecular formula is C26H34N4O2. The van der Waals surface area contributed by atoms with Crippen LogP contribution in [0.5, 0.6) is 0 Å². The number of carbonyl (C=O) groups is 2. The Labute approximate surface area is 190 Å². The Kier molecular flexibility index (Phi) is 7.67. The number of carbonyl (C=O) groups excluding carboxylic acids is 2. The molecule has 1 aromatic heterocycles. The molecular weight excluding hydrogens is 400 g/mol. The van der Waals surface area contributed by atoms with Gasteiger partial charge in [0.05, 0.1) is 12.1 Å². The highest BCUT2D eigenvalue weighted by molar-refractivity contribution is 5.89. The summed E-state index contributed by atoms with van der Waals surface area (Å²) in [5.41, 5.74) is 3.04. The van der Waals surface area contributed by atoms with Crippen molar-refractivity contribution in [1.29, 1.82) is 0 Å². The van der Waals surface area contributed by atoms with Gasteiger partial charge in [-0.15, -0.1) is 0 Å². The standard InChI is InChI=1S/C26H34N4O2/c1-17(2)25(26(32)27-15-18(3)16-30-20(5)12-19(4)29-30)28-24(31)14-21-10-11-22-8-6-7-9-23(22)13-21/h6-13,17-18,25H,14-16H2,1-5H3,(H,27,32)(H,28,31). The summed E-state index contributed by atoms with van der Waals surface area (Å²) >= 11 is 0. The molecule has 0 aliphatic rings. The van der Waals surface area contributed by atoms with Crippen LogP contribution in [0.15, 0.2) is 48.5 Å². The SMILES string of the molecule is Cc1cc(C)n(CC(C)CNC(=O)C(NC(=O)Cc2ccc3ccccc3c2)C(C)C)n1. The van der Waals surface area contributed by atoms with Crippen LogP contribution < -0.4 is 10.6 Å². The fourth-order valence-electron chi connectivity index (χ4n) is 3.90. The van der Waals surface area contributed by atoms with Gasteiger partial charge in [-0.2, -0.15) is 5.10 Å². The minimum absolute atomic E-state index is 0.0122. The van der Waals surface area contributed by atoms with Crippen molar-refractivity contribution >= 4 is 22.6 Å². The lowest BCUT2D eigenvalue weighted by atomic mass is 10.0. The quantitative estimate of drug-likeness (QED) is 0.538. The van der Waals surface area contributed by atoms with Crippen LogP contribution in [-0.2, 0) is 22.6 Å². The van der Waals surface area contributed by atoms with Crippen molar-refractivity contribution in [3.63, 3.8) is 0 Å². The molecule has 0 aliphatic heterocycles. The first-order valence-electron chi connectivity index (χ1n) is 11.3. The number of benzene rings is 2. The Morgan fingerprint density at radius 2 is 1.72 bits per heavy atom. The number of nitrogens with zero attached hydrogens (tertiary/aromatic N) is 2. The van der Waals surface area contributed by atoms with Crippen molar-refractivity contribution in [2.24, 2.45) is 11.8 Å². The molecule has 3 aromatic rings. The van der Waals surface area contributed by atoms with Crippen molar-refractivity contribution < 1.29 is 9.59 Å². The van der Waals surface area contributed by atoms with E-state index >= 15 is 0 Å². The molecule has 2 N–H and O–H groups in total. The molecule has 3 rings (SSSR count). The maximum atomic E-state index is 12.8. The molecule has 0 fully saturated rings. The number of aromatic nitrogens is 2. The highest BCUT2D eigenvalue weighted by atomic mass is 16.2. The summed E-state index contributed by atoms with van der Waals surface area (Å²) in [5.74, 6) is -0.0863. The fraction of sp³-hybridized carbons (Fsp3) is 0.423. The number of hydrogen-bond donors (Lipinski definition) is 2. The van der Waals surface area contributed by atoms with Gasteiger partial charge < -0.3 is 10.6 Å². The maximum absolute atomic E-state index is 12.8. The van der Waals surface area contributed by atoms with E-state index in [1.807, 2.05) is 80.9 Å². The minimum atomic E-state index is -0.566. The van der Waals surface area contributed by atoms with Crippen LogP contribution in [-0.4, -0.2) is 34.2 Å². The first-order valence-corrected chi connectivity index (χ1v) is 11.3. The number of rotatable bonds is 9. The molecule has 2 amide bonds. The lowest BCUT2D eigenvalue weighted by Gasteiger charge is -2.23. The third kappa shape index (κ3) is 6.19. The van der Waals surface area contributed by atoms with Crippen LogP contribution in [0.1, 0.15) is 37.7 Å². The molecule has 0 aliphatic carbocycles. The van der Waals surface area contributed by atoms with Gasteiger partial charge in [-0.25, -0.2) is 0 Å². The number of aryl methyl sites for hydroxylation is 2. The average Bonchev–Trinajstić information content (AvgIpc) is 3.06. The van der Waals surface area contributed by atoms with Gasteiger partial charge in [-0.05, 0) is 48.1 Å². The molecule has 0 spiro atoms. The zero-order valence-electron chi connectivity index (χ0n) is 19.7. The first-order chi connectivity index (χ1) is 15.2. The second-order valence-corrected chi connectivity index (χ2v) is 9.11. The van der Waals surface area contributed by atoms with Crippen LogP contribution in [0.25, 0.3) is 10.8 Å². The molecule has 0 radical (unpaired) electrons. The van der Waals surface area contributed by atoms with E-state index < -0.39 is 6.04 Å². The Morgan fingerprint density at radius 1 is 1.00 bits per heavy atom. The molecule has 32 heavy (non-hydrogen) atoms. The van der Waals surface area contributed by atoms with Gasteiger partial charge in [0, 0.05) is 18.8 Å². The van der Waals surface area contributed by atoms with Gasteiger partial charge in [0.15, 0.2) is 0 Å².